The van der Waals surface area contributed by atoms with Crippen LogP contribution >= 0.6 is 0 Å². The summed E-state index contributed by atoms with van der Waals surface area (Å²) in [5.41, 5.74) is 16.5. The van der Waals surface area contributed by atoms with Crippen LogP contribution in [0.25, 0.3) is 66.8 Å². The van der Waals surface area contributed by atoms with Gasteiger partial charge in [-0.3, -0.25) is 0 Å². The molecule has 8 aromatic rings. The lowest BCUT2D eigenvalue weighted by Crippen LogP contribution is -2.20. The summed E-state index contributed by atoms with van der Waals surface area (Å²) in [6, 6.07) is 54.5. The molecule has 2 unspecified atom stereocenters. The third-order valence-electron chi connectivity index (χ3n) is 14.1. The number of aromatic nitrogens is 1. The molecule has 0 radical (unpaired) electrons. The maximum atomic E-state index is 12.1. The lowest BCUT2D eigenvalue weighted by atomic mass is 9.79. The predicted octanol–water partition coefficient (Wildman–Crippen LogP) is 14.3. The van der Waals surface area contributed by atoms with Crippen molar-refractivity contribution in [3.63, 3.8) is 0 Å². The van der Waals surface area contributed by atoms with Gasteiger partial charge in [-0.25, -0.2) is 0 Å². The van der Waals surface area contributed by atoms with Crippen molar-refractivity contribution < 1.29 is 0 Å². The third-order valence-corrected chi connectivity index (χ3v) is 14.1. The van der Waals surface area contributed by atoms with Gasteiger partial charge in [0.05, 0.1) is 68.7 Å². The predicted molar refractivity (Wildman–Crippen MR) is 263 cm³/mol. The van der Waals surface area contributed by atoms with Gasteiger partial charge in [-0.1, -0.05) is 103 Å². The fourth-order valence-electron chi connectivity index (χ4n) is 11.0. The Hall–Kier alpha value is -8.94. The van der Waals surface area contributed by atoms with Gasteiger partial charge in [0.2, 0.25) is 0 Å². The smallest absolute Gasteiger partial charge is 0.101 e. The average molecular weight is 843 g/mol. The number of allylic oxidation sites excluding steroid dienone is 7. The minimum Gasteiger partial charge on any atom is -0.312 e. The molecule has 0 spiro atoms. The van der Waals surface area contributed by atoms with Crippen LogP contribution in [0.3, 0.4) is 0 Å². The van der Waals surface area contributed by atoms with Crippen molar-refractivity contribution in [2.24, 2.45) is 5.92 Å². The van der Waals surface area contributed by atoms with Crippen LogP contribution in [-0.2, 0) is 6.42 Å². The molecule has 0 amide bonds. The summed E-state index contributed by atoms with van der Waals surface area (Å²) in [4.78, 5) is 2.40. The molecule has 6 nitrogen and oxygen atoms in total. The van der Waals surface area contributed by atoms with Crippen molar-refractivity contribution in [2.45, 2.75) is 31.6 Å². The van der Waals surface area contributed by atoms with Crippen molar-refractivity contribution in [3.05, 3.63) is 214 Å². The van der Waals surface area contributed by atoms with Crippen LogP contribution in [0.4, 0.5) is 11.4 Å². The average Bonchev–Trinajstić information content (AvgIpc) is 3.87. The first kappa shape index (κ1) is 38.7. The molecule has 1 aromatic heterocycles. The minimum absolute atomic E-state index is 0.0457. The lowest BCUT2D eigenvalue weighted by Gasteiger charge is -2.34. The van der Waals surface area contributed by atoms with Gasteiger partial charge in [0.25, 0.3) is 0 Å². The van der Waals surface area contributed by atoms with Crippen LogP contribution in [0.2, 0.25) is 0 Å². The maximum Gasteiger partial charge on any atom is 0.101 e. The zero-order valence-electron chi connectivity index (χ0n) is 35.8. The van der Waals surface area contributed by atoms with Gasteiger partial charge in [0.15, 0.2) is 0 Å². The van der Waals surface area contributed by atoms with Crippen LogP contribution < -0.4 is 4.90 Å². The highest BCUT2D eigenvalue weighted by Gasteiger charge is 2.41. The van der Waals surface area contributed by atoms with Crippen LogP contribution in [-0.4, -0.2) is 4.57 Å². The van der Waals surface area contributed by atoms with E-state index in [4.69, 9.17) is 0 Å². The van der Waals surface area contributed by atoms with Crippen molar-refractivity contribution in [2.75, 3.05) is 4.90 Å². The van der Waals surface area contributed by atoms with Crippen molar-refractivity contribution >= 4 is 39.1 Å². The number of nitrogens with zero attached hydrogens (tertiary/aromatic N) is 6. The van der Waals surface area contributed by atoms with Gasteiger partial charge in [-0.15, -0.1) is 0 Å². The minimum atomic E-state index is 0.0457. The molecule has 0 bridgehead atoms. The summed E-state index contributed by atoms with van der Waals surface area (Å²) < 4.78 is 2.40. The molecule has 0 saturated heterocycles. The van der Waals surface area contributed by atoms with Crippen LogP contribution in [0.15, 0.2) is 175 Å². The van der Waals surface area contributed by atoms with Gasteiger partial charge in [0, 0.05) is 33.7 Å². The highest BCUT2D eigenvalue weighted by molar-refractivity contribution is 6.10. The first-order chi connectivity index (χ1) is 32.6. The van der Waals surface area contributed by atoms with Crippen LogP contribution in [0.1, 0.15) is 64.3 Å². The SMILES string of the molecule is N#Cc1ccc(-c2c(C#N)c(-c3ccc(C#N)cc3)c(-n3c4c(c5ccccc53)CC3CCC=CC3=C4)c(-c3ccc(C#N)cc3)c2N2C3=CC=CCC3c3cc4ccccc4cc32)cc1. The molecular formula is C60H38N6. The van der Waals surface area contributed by atoms with E-state index >= 15 is 0 Å². The summed E-state index contributed by atoms with van der Waals surface area (Å²) in [6.45, 7) is 0. The fourth-order valence-corrected chi connectivity index (χ4v) is 11.0. The Morgan fingerprint density at radius 3 is 1.85 bits per heavy atom. The molecule has 4 aliphatic rings. The standard InChI is InChI=1S/C60H38N6/c61-33-37-17-23-40(24-18-37)56-51(36-64)57(41-25-19-38(34-62)20-26-41)60(66-53-16-8-6-14-48(53)50-30-44-10-2-4-12-46(44)32-55(50)66)58(42-27-21-39(35-63)22-28-42)59(56)65-52-15-7-5-13-47(52)49-29-43-9-1-3-11-45(43)31-54(49)65/h1,3-9,11-12,14-29,31-32,44,47H,2,10,13,30H2. The molecule has 2 heterocycles. The number of benzene rings is 7. The van der Waals surface area contributed by atoms with Gasteiger partial charge in [0.1, 0.15) is 6.07 Å². The second kappa shape index (κ2) is 15.4. The largest absolute Gasteiger partial charge is 0.312 e. The summed E-state index contributed by atoms with van der Waals surface area (Å²) in [5.74, 6) is 0.449. The molecule has 7 aromatic carbocycles. The first-order valence-corrected chi connectivity index (χ1v) is 22.4. The lowest BCUT2D eigenvalue weighted by molar-refractivity contribution is 0.558. The van der Waals surface area contributed by atoms with E-state index in [-0.39, 0.29) is 5.92 Å². The van der Waals surface area contributed by atoms with E-state index in [0.717, 1.165) is 104 Å². The molecule has 2 atom stereocenters. The Morgan fingerprint density at radius 2 is 1.20 bits per heavy atom. The van der Waals surface area contributed by atoms with Gasteiger partial charge in [-0.2, -0.15) is 21.0 Å². The zero-order valence-corrected chi connectivity index (χ0v) is 35.8. The van der Waals surface area contributed by atoms with E-state index in [1.165, 1.54) is 22.1 Å². The number of hydrogen-bond donors (Lipinski definition) is 0. The van der Waals surface area contributed by atoms with E-state index in [2.05, 4.69) is 131 Å². The molecule has 1 aliphatic heterocycles. The van der Waals surface area contributed by atoms with Crippen molar-refractivity contribution in [1.29, 1.82) is 21.0 Å². The first-order valence-electron chi connectivity index (χ1n) is 22.4. The van der Waals surface area contributed by atoms with E-state index < -0.39 is 0 Å². The van der Waals surface area contributed by atoms with E-state index in [1.807, 2.05) is 72.8 Å². The number of nitriles is 4. The second-order valence-corrected chi connectivity index (χ2v) is 17.5. The normalized spacial score (nSPS) is 16.5. The Balaban J connectivity index is 1.34. The number of rotatable bonds is 5. The summed E-state index contributed by atoms with van der Waals surface area (Å²) in [7, 11) is 0. The molecule has 6 heteroatoms. The number of anilines is 2. The van der Waals surface area contributed by atoms with Crippen molar-refractivity contribution in [3.8, 4) is 63.3 Å². The summed E-state index contributed by atoms with van der Waals surface area (Å²) in [6.07, 6.45) is 17.4. The summed E-state index contributed by atoms with van der Waals surface area (Å²) >= 11 is 0. The molecule has 308 valence electrons. The van der Waals surface area contributed by atoms with E-state index in [0.29, 0.717) is 28.2 Å². The number of para-hydroxylation sites is 1. The van der Waals surface area contributed by atoms with Gasteiger partial charge in [-0.05, 0) is 143 Å². The highest BCUT2D eigenvalue weighted by Crippen LogP contribution is 2.60. The molecule has 3 aliphatic carbocycles. The Bertz CT molecular complexity index is 3680. The highest BCUT2D eigenvalue weighted by atomic mass is 15.2. The molecule has 66 heavy (non-hydrogen) atoms. The maximum absolute atomic E-state index is 12.1. The van der Waals surface area contributed by atoms with E-state index in [1.54, 1.807) is 0 Å². The Labute approximate surface area is 383 Å². The topological polar surface area (TPSA) is 103 Å². The number of hydrogen-bond acceptors (Lipinski definition) is 5. The monoisotopic (exact) mass is 842 g/mol. The van der Waals surface area contributed by atoms with Crippen LogP contribution in [0, 0.1) is 51.2 Å². The van der Waals surface area contributed by atoms with Crippen molar-refractivity contribution in [1.82, 2.24) is 4.57 Å². The number of fused-ring (bicyclic) bond motifs is 8. The fraction of sp³-hybridized carbons (Fsp3) is 0.100. The van der Waals surface area contributed by atoms with Crippen LogP contribution in [0.5, 0.6) is 0 Å². The van der Waals surface area contributed by atoms with Gasteiger partial charge < -0.3 is 9.47 Å². The Kier molecular flexibility index (Phi) is 9.03. The second-order valence-electron chi connectivity index (χ2n) is 17.5. The zero-order chi connectivity index (χ0) is 44.5. The summed E-state index contributed by atoms with van der Waals surface area (Å²) in [5, 5.41) is 45.7. The molecular weight excluding hydrogens is 805 g/mol. The van der Waals surface area contributed by atoms with Gasteiger partial charge >= 0.3 is 0 Å². The Morgan fingerprint density at radius 1 is 0.591 bits per heavy atom. The quantitative estimate of drug-likeness (QED) is 0.172. The third kappa shape index (κ3) is 5.91. The molecule has 0 saturated carbocycles. The molecule has 0 N–H and O–H groups in total. The van der Waals surface area contributed by atoms with E-state index in [9.17, 15) is 21.0 Å². The molecule has 12 rings (SSSR count). The molecule has 0 fully saturated rings.